The number of benzene rings is 2. The van der Waals surface area contributed by atoms with Crippen molar-refractivity contribution >= 4 is 11.5 Å². The van der Waals surface area contributed by atoms with Gasteiger partial charge in [0.05, 0.1) is 27.4 Å². The van der Waals surface area contributed by atoms with Crippen LogP contribution in [0.4, 0.5) is 5.69 Å². The first-order valence-corrected chi connectivity index (χ1v) is 10.9. The average molecular weight is 452 g/mol. The number of nitrogens with zero attached hydrogens (tertiary/aromatic N) is 1. The van der Waals surface area contributed by atoms with Crippen LogP contribution in [0.1, 0.15) is 27.8 Å². The van der Waals surface area contributed by atoms with Gasteiger partial charge in [0.15, 0.2) is 5.76 Å². The quantitative estimate of drug-likeness (QED) is 0.461. The Morgan fingerprint density at radius 2 is 1.58 bits per heavy atom. The van der Waals surface area contributed by atoms with E-state index in [4.69, 9.17) is 23.4 Å². The van der Waals surface area contributed by atoms with Gasteiger partial charge in [-0.15, -0.1) is 0 Å². The third-order valence-electron chi connectivity index (χ3n) is 5.93. The summed E-state index contributed by atoms with van der Waals surface area (Å²) in [6.45, 7) is 5.08. The lowest BCUT2D eigenvalue weighted by Crippen LogP contribution is -2.36. The molecule has 174 valence electrons. The molecule has 3 aromatic rings. The Hall–Kier alpha value is -3.29. The van der Waals surface area contributed by atoms with Gasteiger partial charge in [0.2, 0.25) is 5.78 Å². The fourth-order valence-corrected chi connectivity index (χ4v) is 4.06. The highest BCUT2D eigenvalue weighted by Crippen LogP contribution is 2.35. The zero-order valence-electron chi connectivity index (χ0n) is 19.4. The molecule has 0 radical (unpaired) electrons. The molecular weight excluding hydrogens is 422 g/mol. The highest BCUT2D eigenvalue weighted by Gasteiger charge is 2.25. The van der Waals surface area contributed by atoms with Crippen LogP contribution >= 0.6 is 0 Å². The number of Topliss-reactive ketones (excluding diaryl/α,β-unsaturated/α-hetero) is 1. The second kappa shape index (κ2) is 10.1. The van der Waals surface area contributed by atoms with Gasteiger partial charge in [-0.1, -0.05) is 12.1 Å². The number of carbonyl (C=O) groups excluding carboxylic acids is 1. The molecule has 7 nitrogen and oxygen atoms in total. The van der Waals surface area contributed by atoms with Gasteiger partial charge < -0.3 is 28.3 Å². The summed E-state index contributed by atoms with van der Waals surface area (Å²) in [5.41, 5.74) is 3.53. The van der Waals surface area contributed by atoms with Crippen LogP contribution in [-0.2, 0) is 9.47 Å². The Labute approximate surface area is 193 Å². The number of carbonyl (C=O) groups is 1. The van der Waals surface area contributed by atoms with Crippen molar-refractivity contribution in [2.45, 2.75) is 13.0 Å². The van der Waals surface area contributed by atoms with Crippen LogP contribution in [-0.4, -0.2) is 53.4 Å². The number of anilines is 1. The summed E-state index contributed by atoms with van der Waals surface area (Å²) in [7, 11) is 4.74. The monoisotopic (exact) mass is 451 g/mol. The number of hydrogen-bond donors (Lipinski definition) is 0. The third-order valence-corrected chi connectivity index (χ3v) is 5.93. The van der Waals surface area contributed by atoms with E-state index in [1.54, 1.807) is 26.4 Å². The summed E-state index contributed by atoms with van der Waals surface area (Å²) in [6.07, 6.45) is -0.759. The normalized spacial score (nSPS) is 14.7. The second-order valence-corrected chi connectivity index (χ2v) is 7.84. The van der Waals surface area contributed by atoms with Crippen molar-refractivity contribution in [3.05, 3.63) is 65.4 Å². The molecule has 4 rings (SSSR count). The maximum atomic E-state index is 13.2. The van der Waals surface area contributed by atoms with E-state index >= 15 is 0 Å². The van der Waals surface area contributed by atoms with Crippen molar-refractivity contribution in [1.29, 1.82) is 0 Å². The van der Waals surface area contributed by atoms with Crippen molar-refractivity contribution in [2.75, 3.05) is 52.5 Å². The predicted octanol–water partition coefficient (Wildman–Crippen LogP) is 4.68. The van der Waals surface area contributed by atoms with Crippen molar-refractivity contribution in [3.8, 4) is 22.8 Å². The summed E-state index contributed by atoms with van der Waals surface area (Å²) < 4.78 is 27.8. The molecule has 1 atom stereocenters. The Bertz CT molecular complexity index is 1070. The van der Waals surface area contributed by atoms with Crippen LogP contribution in [0.2, 0.25) is 0 Å². The summed E-state index contributed by atoms with van der Waals surface area (Å²) in [4.78, 5) is 15.5. The molecule has 7 heteroatoms. The number of furan rings is 1. The first-order valence-electron chi connectivity index (χ1n) is 10.9. The summed E-state index contributed by atoms with van der Waals surface area (Å²) in [5.74, 6) is 1.90. The van der Waals surface area contributed by atoms with Gasteiger partial charge in [-0.3, -0.25) is 4.79 Å². The number of hydrogen-bond acceptors (Lipinski definition) is 7. The van der Waals surface area contributed by atoms with Gasteiger partial charge in [-0.25, -0.2) is 0 Å². The Morgan fingerprint density at radius 1 is 0.939 bits per heavy atom. The van der Waals surface area contributed by atoms with Gasteiger partial charge >= 0.3 is 0 Å². The Morgan fingerprint density at radius 3 is 2.15 bits per heavy atom. The van der Waals surface area contributed by atoms with Crippen molar-refractivity contribution in [3.63, 3.8) is 0 Å². The van der Waals surface area contributed by atoms with Crippen LogP contribution in [0.3, 0.4) is 0 Å². The van der Waals surface area contributed by atoms with E-state index in [0.717, 1.165) is 48.7 Å². The standard InChI is InChI=1S/C26H29NO6/c1-17-23(29-2)15-19(16-24(17)30-3)21-9-10-22(33-21)25(28)26(31-4)18-5-7-20(8-6-18)27-11-13-32-14-12-27/h5-10,15-16,26H,11-14H2,1-4H3. The SMILES string of the molecule is COc1cc(-c2ccc(C(=O)C(OC)c3ccc(N4CCOCC4)cc3)o2)cc(OC)c1C. The maximum absolute atomic E-state index is 13.2. The minimum atomic E-state index is -0.759. The Kier molecular flexibility index (Phi) is 7.01. The molecule has 1 unspecified atom stereocenters. The molecule has 0 N–H and O–H groups in total. The minimum absolute atomic E-state index is 0.229. The molecule has 0 spiro atoms. The van der Waals surface area contributed by atoms with Crippen molar-refractivity contribution < 1.29 is 28.2 Å². The van der Waals surface area contributed by atoms with Crippen LogP contribution in [0.25, 0.3) is 11.3 Å². The summed E-state index contributed by atoms with van der Waals surface area (Å²) in [5, 5.41) is 0. The summed E-state index contributed by atoms with van der Waals surface area (Å²) >= 11 is 0. The molecule has 0 aliphatic carbocycles. The number of rotatable bonds is 8. The molecule has 1 saturated heterocycles. The average Bonchev–Trinajstić information content (AvgIpc) is 3.36. The maximum Gasteiger partial charge on any atom is 0.231 e. The predicted molar refractivity (Wildman–Crippen MR) is 126 cm³/mol. The fraction of sp³-hybridized carbons (Fsp3) is 0.346. The molecular formula is C26H29NO6. The van der Waals surface area contributed by atoms with E-state index in [1.807, 2.05) is 43.3 Å². The first-order chi connectivity index (χ1) is 16.0. The molecule has 1 fully saturated rings. The van der Waals surface area contributed by atoms with E-state index in [2.05, 4.69) is 4.90 Å². The molecule has 0 saturated carbocycles. The van der Waals surface area contributed by atoms with Crippen LogP contribution in [0.5, 0.6) is 11.5 Å². The van der Waals surface area contributed by atoms with Gasteiger partial charge in [0.25, 0.3) is 0 Å². The number of methoxy groups -OCH3 is 3. The molecule has 2 heterocycles. The molecule has 33 heavy (non-hydrogen) atoms. The Balaban J connectivity index is 1.55. The van der Waals surface area contributed by atoms with Crippen LogP contribution in [0, 0.1) is 6.92 Å². The molecule has 0 amide bonds. The first kappa shape index (κ1) is 22.9. The number of morpholine rings is 1. The van der Waals surface area contributed by atoms with Crippen LogP contribution < -0.4 is 14.4 Å². The van der Waals surface area contributed by atoms with E-state index in [9.17, 15) is 4.79 Å². The summed E-state index contributed by atoms with van der Waals surface area (Å²) in [6, 6.07) is 15.0. The minimum Gasteiger partial charge on any atom is -0.496 e. The van der Waals surface area contributed by atoms with E-state index in [-0.39, 0.29) is 11.5 Å². The molecule has 2 aromatic carbocycles. The van der Waals surface area contributed by atoms with Gasteiger partial charge in [-0.05, 0) is 48.9 Å². The number of ether oxygens (including phenoxy) is 4. The zero-order valence-corrected chi connectivity index (χ0v) is 19.4. The second-order valence-electron chi connectivity index (χ2n) is 7.84. The van der Waals surface area contributed by atoms with Gasteiger partial charge in [-0.2, -0.15) is 0 Å². The lowest BCUT2D eigenvalue weighted by atomic mass is 10.0. The lowest BCUT2D eigenvalue weighted by molar-refractivity contribution is 0.0577. The topological polar surface area (TPSA) is 70.4 Å². The molecule has 0 bridgehead atoms. The van der Waals surface area contributed by atoms with E-state index in [0.29, 0.717) is 17.3 Å². The van der Waals surface area contributed by atoms with Crippen LogP contribution in [0.15, 0.2) is 52.9 Å². The van der Waals surface area contributed by atoms with Gasteiger partial charge in [0, 0.05) is 37.0 Å². The van der Waals surface area contributed by atoms with E-state index < -0.39 is 6.10 Å². The fourth-order valence-electron chi connectivity index (χ4n) is 4.06. The molecule has 1 aliphatic heterocycles. The highest BCUT2D eigenvalue weighted by molar-refractivity contribution is 5.98. The van der Waals surface area contributed by atoms with Crippen molar-refractivity contribution in [2.24, 2.45) is 0 Å². The number of ketones is 1. The van der Waals surface area contributed by atoms with E-state index in [1.165, 1.54) is 7.11 Å². The third kappa shape index (κ3) is 4.74. The highest BCUT2D eigenvalue weighted by atomic mass is 16.5. The molecule has 1 aromatic heterocycles. The van der Waals surface area contributed by atoms with Gasteiger partial charge in [0.1, 0.15) is 23.4 Å². The molecule has 1 aliphatic rings. The lowest BCUT2D eigenvalue weighted by Gasteiger charge is -2.29. The zero-order chi connectivity index (χ0) is 23.4. The largest absolute Gasteiger partial charge is 0.496 e. The van der Waals surface area contributed by atoms with Crippen molar-refractivity contribution in [1.82, 2.24) is 0 Å². The smallest absolute Gasteiger partial charge is 0.231 e.